The van der Waals surface area contributed by atoms with Crippen LogP contribution in [0.5, 0.6) is 0 Å². The van der Waals surface area contributed by atoms with E-state index in [1.807, 2.05) is 20.8 Å². The van der Waals surface area contributed by atoms with Crippen LogP contribution in [0.1, 0.15) is 34.1 Å². The molecule has 0 aromatic heterocycles. The van der Waals surface area contributed by atoms with Crippen LogP contribution < -0.4 is 0 Å². The molecule has 0 bridgehead atoms. The van der Waals surface area contributed by atoms with Crippen molar-refractivity contribution in [1.82, 2.24) is 0 Å². The number of hydrogen-bond donors (Lipinski definition) is 2. The molecule has 0 amide bonds. The van der Waals surface area contributed by atoms with Crippen molar-refractivity contribution in [1.29, 1.82) is 0 Å². The first kappa shape index (κ1) is 11.9. The molecule has 0 aromatic carbocycles. The van der Waals surface area contributed by atoms with Crippen LogP contribution in [0.4, 0.5) is 0 Å². The van der Waals surface area contributed by atoms with Gasteiger partial charge in [-0.1, -0.05) is 0 Å². The third-order valence-corrected chi connectivity index (χ3v) is 2.54. The summed E-state index contributed by atoms with van der Waals surface area (Å²) in [7, 11) is 0. The quantitative estimate of drug-likeness (QED) is 0.709. The van der Waals surface area contributed by atoms with E-state index < -0.39 is 11.4 Å². The Morgan fingerprint density at radius 3 is 2.29 bits per heavy atom. The van der Waals surface area contributed by atoms with Crippen LogP contribution in [0.25, 0.3) is 0 Å². The maximum Gasteiger partial charge on any atom is 0.163 e. The van der Waals surface area contributed by atoms with E-state index in [2.05, 4.69) is 0 Å². The van der Waals surface area contributed by atoms with Crippen molar-refractivity contribution in [3.63, 3.8) is 0 Å². The summed E-state index contributed by atoms with van der Waals surface area (Å²) in [6.45, 7) is 7.11. The fraction of sp³-hybridized carbons (Fsp3) is 1.00. The van der Waals surface area contributed by atoms with Gasteiger partial charge in [-0.2, -0.15) is 0 Å². The Labute approximate surface area is 84.8 Å². The van der Waals surface area contributed by atoms with E-state index in [-0.39, 0.29) is 18.8 Å². The molecule has 0 aromatic rings. The Kier molecular flexibility index (Phi) is 3.21. The van der Waals surface area contributed by atoms with Crippen LogP contribution in [-0.2, 0) is 9.47 Å². The Morgan fingerprint density at radius 2 is 1.93 bits per heavy atom. The Balaban J connectivity index is 2.69. The Morgan fingerprint density at radius 1 is 1.36 bits per heavy atom. The molecule has 3 atom stereocenters. The van der Waals surface area contributed by atoms with Crippen LogP contribution in [0.2, 0.25) is 0 Å². The summed E-state index contributed by atoms with van der Waals surface area (Å²) in [4.78, 5) is 0. The topological polar surface area (TPSA) is 58.9 Å². The third kappa shape index (κ3) is 2.45. The van der Waals surface area contributed by atoms with Crippen molar-refractivity contribution in [2.45, 2.75) is 57.7 Å². The molecule has 0 spiro atoms. The molecule has 1 aliphatic heterocycles. The van der Waals surface area contributed by atoms with Gasteiger partial charge in [0.1, 0.15) is 6.10 Å². The molecule has 0 aliphatic carbocycles. The smallest absolute Gasteiger partial charge is 0.163 e. The van der Waals surface area contributed by atoms with Gasteiger partial charge in [0, 0.05) is 13.0 Å². The maximum absolute atomic E-state index is 10.1. The molecule has 4 nitrogen and oxygen atoms in total. The number of hydrogen-bond acceptors (Lipinski definition) is 4. The molecule has 1 heterocycles. The molecule has 1 aliphatic rings. The van der Waals surface area contributed by atoms with Gasteiger partial charge in [-0.3, -0.25) is 0 Å². The Bertz CT molecular complexity index is 200. The Hall–Kier alpha value is -0.160. The second-order valence-electron chi connectivity index (χ2n) is 4.59. The van der Waals surface area contributed by atoms with Crippen molar-refractivity contribution in [3.8, 4) is 0 Å². The summed E-state index contributed by atoms with van der Waals surface area (Å²) in [6, 6.07) is 0. The van der Waals surface area contributed by atoms with Gasteiger partial charge in [-0.15, -0.1) is 0 Å². The minimum absolute atomic E-state index is 0.0555. The molecule has 4 heteroatoms. The standard InChI is InChI=1S/C10H20O4/c1-7-8(10(4,12)5-6-11)14-9(2,3)13-7/h7-8,11-12H,5-6H2,1-4H3/t7?,8?,10-/m0/s1. The fourth-order valence-electron chi connectivity index (χ4n) is 1.94. The van der Waals surface area contributed by atoms with Crippen molar-refractivity contribution < 1.29 is 19.7 Å². The average Bonchev–Trinajstić information content (AvgIpc) is 2.25. The highest BCUT2D eigenvalue weighted by Gasteiger charge is 2.47. The average molecular weight is 204 g/mol. The summed E-state index contributed by atoms with van der Waals surface area (Å²) in [5.74, 6) is -0.649. The van der Waals surface area contributed by atoms with Gasteiger partial charge in [-0.25, -0.2) is 0 Å². The van der Waals surface area contributed by atoms with E-state index in [1.54, 1.807) is 6.92 Å². The zero-order valence-electron chi connectivity index (χ0n) is 9.28. The lowest BCUT2D eigenvalue weighted by molar-refractivity contribution is -0.170. The molecule has 1 fully saturated rings. The molecule has 1 rings (SSSR count). The first-order valence-electron chi connectivity index (χ1n) is 4.97. The summed E-state index contributed by atoms with van der Waals surface area (Å²) in [6.07, 6.45) is -0.252. The van der Waals surface area contributed by atoms with E-state index in [0.29, 0.717) is 6.42 Å². The van der Waals surface area contributed by atoms with Gasteiger partial charge in [0.15, 0.2) is 5.79 Å². The molecule has 2 N–H and O–H groups in total. The summed E-state index contributed by atoms with van der Waals surface area (Å²) >= 11 is 0. The van der Waals surface area contributed by atoms with Gasteiger partial charge in [0.25, 0.3) is 0 Å². The summed E-state index contributed by atoms with van der Waals surface area (Å²) < 4.78 is 11.1. The van der Waals surface area contributed by atoms with Gasteiger partial charge in [0.2, 0.25) is 0 Å². The maximum atomic E-state index is 10.1. The normalized spacial score (nSPS) is 35.6. The zero-order valence-corrected chi connectivity index (χ0v) is 9.28. The lowest BCUT2D eigenvalue weighted by Gasteiger charge is -2.30. The van der Waals surface area contributed by atoms with Crippen molar-refractivity contribution in [3.05, 3.63) is 0 Å². The van der Waals surface area contributed by atoms with Gasteiger partial charge >= 0.3 is 0 Å². The van der Waals surface area contributed by atoms with Crippen LogP contribution in [0, 0.1) is 0 Å². The molecule has 84 valence electrons. The van der Waals surface area contributed by atoms with Crippen LogP contribution in [-0.4, -0.2) is 40.4 Å². The first-order chi connectivity index (χ1) is 6.28. The number of rotatable bonds is 3. The highest BCUT2D eigenvalue weighted by molar-refractivity contribution is 4.92. The fourth-order valence-corrected chi connectivity index (χ4v) is 1.94. The summed E-state index contributed by atoms with van der Waals surface area (Å²) in [5.41, 5.74) is -1.04. The van der Waals surface area contributed by atoms with Crippen molar-refractivity contribution in [2.24, 2.45) is 0 Å². The monoisotopic (exact) mass is 204 g/mol. The zero-order chi connectivity index (χ0) is 11.0. The number of ether oxygens (including phenoxy) is 2. The number of aliphatic hydroxyl groups is 2. The van der Waals surface area contributed by atoms with E-state index >= 15 is 0 Å². The lowest BCUT2D eigenvalue weighted by atomic mass is 9.92. The lowest BCUT2D eigenvalue weighted by Crippen LogP contribution is -2.45. The third-order valence-electron chi connectivity index (χ3n) is 2.54. The van der Waals surface area contributed by atoms with E-state index in [0.717, 1.165) is 0 Å². The molecular weight excluding hydrogens is 184 g/mol. The molecular formula is C10H20O4. The number of aliphatic hydroxyl groups excluding tert-OH is 1. The highest BCUT2D eigenvalue weighted by atomic mass is 16.8. The van der Waals surface area contributed by atoms with Gasteiger partial charge in [0.05, 0.1) is 11.7 Å². The van der Waals surface area contributed by atoms with Crippen LogP contribution in [0.3, 0.4) is 0 Å². The first-order valence-corrected chi connectivity index (χ1v) is 4.97. The molecule has 0 radical (unpaired) electrons. The van der Waals surface area contributed by atoms with E-state index in [4.69, 9.17) is 14.6 Å². The highest BCUT2D eigenvalue weighted by Crippen LogP contribution is 2.34. The van der Waals surface area contributed by atoms with Gasteiger partial charge in [-0.05, 0) is 27.7 Å². The van der Waals surface area contributed by atoms with Gasteiger partial charge < -0.3 is 19.7 Å². The molecule has 1 saturated heterocycles. The predicted octanol–water partition coefficient (Wildman–Crippen LogP) is 0.660. The minimum Gasteiger partial charge on any atom is -0.396 e. The SMILES string of the molecule is CC1OC(C)(C)OC1[C@@](C)(O)CCO. The van der Waals surface area contributed by atoms with Crippen molar-refractivity contribution in [2.75, 3.05) is 6.61 Å². The minimum atomic E-state index is -1.04. The van der Waals surface area contributed by atoms with E-state index in [1.165, 1.54) is 0 Å². The molecule has 14 heavy (non-hydrogen) atoms. The van der Waals surface area contributed by atoms with E-state index in [9.17, 15) is 5.11 Å². The molecule has 0 saturated carbocycles. The van der Waals surface area contributed by atoms with Crippen molar-refractivity contribution >= 4 is 0 Å². The summed E-state index contributed by atoms with van der Waals surface area (Å²) in [5, 5.41) is 18.9. The largest absolute Gasteiger partial charge is 0.396 e. The predicted molar refractivity (Wildman–Crippen MR) is 51.8 cm³/mol. The van der Waals surface area contributed by atoms with Crippen LogP contribution >= 0.6 is 0 Å². The second-order valence-corrected chi connectivity index (χ2v) is 4.59. The van der Waals surface area contributed by atoms with Crippen LogP contribution in [0.15, 0.2) is 0 Å². The molecule has 2 unspecified atom stereocenters. The second kappa shape index (κ2) is 3.77.